The number of hydrogen-bond donors (Lipinski definition) is 1. The molecule has 16 heavy (non-hydrogen) atoms. The van der Waals surface area contributed by atoms with Crippen LogP contribution in [0.5, 0.6) is 0 Å². The molecule has 0 aliphatic heterocycles. The maximum Gasteiger partial charge on any atom is 0.0712 e. The van der Waals surface area contributed by atoms with Crippen molar-refractivity contribution in [2.75, 3.05) is 0 Å². The minimum Gasteiger partial charge on any atom is -0.323 e. The Morgan fingerprint density at radius 1 is 1.38 bits per heavy atom. The first-order valence-corrected chi connectivity index (χ1v) is 6.92. The predicted molar refractivity (Wildman–Crippen MR) is 70.1 cm³/mol. The molecule has 0 amide bonds. The van der Waals surface area contributed by atoms with Crippen molar-refractivity contribution < 1.29 is 0 Å². The van der Waals surface area contributed by atoms with Crippen LogP contribution in [-0.4, -0.2) is 4.98 Å². The van der Waals surface area contributed by atoms with Crippen molar-refractivity contribution >= 4 is 15.9 Å². The second-order valence-corrected chi connectivity index (χ2v) is 5.57. The van der Waals surface area contributed by atoms with Gasteiger partial charge in [0.2, 0.25) is 0 Å². The van der Waals surface area contributed by atoms with Gasteiger partial charge in [0, 0.05) is 16.7 Å². The Balaban J connectivity index is 1.96. The van der Waals surface area contributed by atoms with Gasteiger partial charge >= 0.3 is 0 Å². The molecular weight excluding hydrogens is 264 g/mol. The lowest BCUT2D eigenvalue weighted by atomic mass is 9.84. The van der Waals surface area contributed by atoms with E-state index in [-0.39, 0.29) is 6.04 Å². The molecule has 0 radical (unpaired) electrons. The van der Waals surface area contributed by atoms with E-state index in [1.54, 1.807) is 0 Å². The van der Waals surface area contributed by atoms with Gasteiger partial charge in [-0.3, -0.25) is 4.98 Å². The highest BCUT2D eigenvalue weighted by atomic mass is 79.9. The maximum atomic E-state index is 6.23. The van der Waals surface area contributed by atoms with Crippen molar-refractivity contribution in [3.05, 3.63) is 28.5 Å². The van der Waals surface area contributed by atoms with Gasteiger partial charge in [0.05, 0.1) is 5.69 Å². The fourth-order valence-corrected chi connectivity index (χ4v) is 3.11. The minimum absolute atomic E-state index is 0.0821. The van der Waals surface area contributed by atoms with Crippen LogP contribution in [0.4, 0.5) is 0 Å². The first-order chi connectivity index (χ1) is 7.77. The zero-order valence-electron chi connectivity index (χ0n) is 9.53. The first-order valence-electron chi connectivity index (χ1n) is 6.13. The fraction of sp³-hybridized carbons (Fsp3) is 0.615. The van der Waals surface area contributed by atoms with Crippen LogP contribution in [0.2, 0.25) is 0 Å². The highest BCUT2D eigenvalue weighted by Gasteiger charge is 2.19. The molecule has 2 rings (SSSR count). The van der Waals surface area contributed by atoms with Gasteiger partial charge in [-0.1, -0.05) is 32.1 Å². The minimum atomic E-state index is 0.0821. The molecule has 1 aromatic rings. The third-order valence-corrected chi connectivity index (χ3v) is 4.12. The average Bonchev–Trinajstić information content (AvgIpc) is 2.31. The molecule has 0 bridgehead atoms. The predicted octanol–water partition coefficient (Wildman–Crippen LogP) is 3.81. The molecule has 1 aromatic heterocycles. The lowest BCUT2D eigenvalue weighted by molar-refractivity contribution is 0.317. The summed E-state index contributed by atoms with van der Waals surface area (Å²) in [5.74, 6) is 0.803. The number of halogens is 1. The van der Waals surface area contributed by atoms with Crippen LogP contribution in [0.1, 0.15) is 50.3 Å². The lowest BCUT2D eigenvalue weighted by Crippen LogP contribution is -2.18. The van der Waals surface area contributed by atoms with Crippen LogP contribution in [0.15, 0.2) is 22.8 Å². The quantitative estimate of drug-likeness (QED) is 0.916. The molecule has 2 nitrogen and oxygen atoms in total. The molecule has 1 atom stereocenters. The van der Waals surface area contributed by atoms with E-state index in [0.717, 1.165) is 22.5 Å². The van der Waals surface area contributed by atoms with Crippen molar-refractivity contribution in [3.8, 4) is 0 Å². The summed E-state index contributed by atoms with van der Waals surface area (Å²) in [6, 6.07) is 4.03. The summed E-state index contributed by atoms with van der Waals surface area (Å²) in [4.78, 5) is 4.37. The van der Waals surface area contributed by atoms with E-state index in [1.165, 1.54) is 32.1 Å². The summed E-state index contributed by atoms with van der Waals surface area (Å²) in [6.07, 6.45) is 9.74. The van der Waals surface area contributed by atoms with Crippen molar-refractivity contribution in [2.24, 2.45) is 11.7 Å². The van der Waals surface area contributed by atoms with E-state index in [4.69, 9.17) is 5.73 Å². The summed E-state index contributed by atoms with van der Waals surface area (Å²) in [7, 11) is 0. The summed E-state index contributed by atoms with van der Waals surface area (Å²) >= 11 is 3.52. The normalized spacial score (nSPS) is 19.6. The molecule has 1 saturated carbocycles. The molecule has 2 N–H and O–H groups in total. The molecule has 3 heteroatoms. The number of hydrogen-bond acceptors (Lipinski definition) is 2. The Bertz CT molecular complexity index is 334. The third kappa shape index (κ3) is 3.05. The molecule has 1 aliphatic rings. The van der Waals surface area contributed by atoms with Crippen LogP contribution in [0.3, 0.4) is 0 Å². The Kier molecular flexibility index (Phi) is 4.36. The molecule has 1 fully saturated rings. The second-order valence-electron chi connectivity index (χ2n) is 4.72. The standard InChI is InChI=1S/C13H19BrN2/c14-11-7-4-8-16-13(11)12(15)9-10-5-2-1-3-6-10/h4,7-8,10,12H,1-3,5-6,9,15H2. The number of aromatic nitrogens is 1. The summed E-state index contributed by atoms with van der Waals surface area (Å²) in [5.41, 5.74) is 7.24. The van der Waals surface area contributed by atoms with E-state index in [2.05, 4.69) is 20.9 Å². The highest BCUT2D eigenvalue weighted by molar-refractivity contribution is 9.10. The highest BCUT2D eigenvalue weighted by Crippen LogP contribution is 2.32. The lowest BCUT2D eigenvalue weighted by Gasteiger charge is -2.24. The molecule has 0 aromatic carbocycles. The van der Waals surface area contributed by atoms with E-state index in [9.17, 15) is 0 Å². The SMILES string of the molecule is NC(CC1CCCCC1)c1ncccc1Br. The Hall–Kier alpha value is -0.410. The van der Waals surface area contributed by atoms with E-state index < -0.39 is 0 Å². The van der Waals surface area contributed by atoms with Crippen LogP contribution in [0.25, 0.3) is 0 Å². The van der Waals surface area contributed by atoms with Gasteiger partial charge in [0.15, 0.2) is 0 Å². The molecule has 88 valence electrons. The zero-order valence-corrected chi connectivity index (χ0v) is 11.1. The molecule has 0 saturated heterocycles. The third-order valence-electron chi connectivity index (χ3n) is 3.45. The van der Waals surface area contributed by atoms with E-state index >= 15 is 0 Å². The van der Waals surface area contributed by atoms with E-state index in [1.807, 2.05) is 18.3 Å². The number of nitrogens with two attached hydrogens (primary N) is 1. The summed E-state index contributed by atoms with van der Waals surface area (Å²) in [5, 5.41) is 0. The topological polar surface area (TPSA) is 38.9 Å². The maximum absolute atomic E-state index is 6.23. The Morgan fingerprint density at radius 2 is 2.12 bits per heavy atom. The van der Waals surface area contributed by atoms with Gasteiger partial charge in [-0.2, -0.15) is 0 Å². The molecule has 1 aliphatic carbocycles. The smallest absolute Gasteiger partial charge is 0.0712 e. The summed E-state index contributed by atoms with van der Waals surface area (Å²) in [6.45, 7) is 0. The largest absolute Gasteiger partial charge is 0.323 e. The number of rotatable bonds is 3. The molecular formula is C13H19BrN2. The van der Waals surface area contributed by atoms with Crippen molar-refractivity contribution in [1.29, 1.82) is 0 Å². The van der Waals surface area contributed by atoms with Crippen molar-refractivity contribution in [3.63, 3.8) is 0 Å². The monoisotopic (exact) mass is 282 g/mol. The van der Waals surface area contributed by atoms with Gasteiger partial charge in [-0.25, -0.2) is 0 Å². The number of nitrogens with zero attached hydrogens (tertiary/aromatic N) is 1. The van der Waals surface area contributed by atoms with Crippen LogP contribution >= 0.6 is 15.9 Å². The zero-order chi connectivity index (χ0) is 11.4. The Labute approximate surface area is 106 Å². The van der Waals surface area contributed by atoms with Gasteiger partial charge in [-0.15, -0.1) is 0 Å². The van der Waals surface area contributed by atoms with Crippen molar-refractivity contribution in [1.82, 2.24) is 4.98 Å². The van der Waals surface area contributed by atoms with E-state index in [0.29, 0.717) is 0 Å². The molecule has 1 unspecified atom stereocenters. The molecule has 1 heterocycles. The molecule has 0 spiro atoms. The average molecular weight is 283 g/mol. The van der Waals surface area contributed by atoms with Gasteiger partial charge in [-0.05, 0) is 40.4 Å². The van der Waals surface area contributed by atoms with Crippen LogP contribution in [-0.2, 0) is 0 Å². The van der Waals surface area contributed by atoms with Crippen molar-refractivity contribution in [2.45, 2.75) is 44.6 Å². The van der Waals surface area contributed by atoms with Gasteiger partial charge in [0.1, 0.15) is 0 Å². The van der Waals surface area contributed by atoms with Crippen LogP contribution in [0, 0.1) is 5.92 Å². The summed E-state index contributed by atoms with van der Waals surface area (Å²) < 4.78 is 1.04. The van der Waals surface area contributed by atoms with Gasteiger partial charge in [0.25, 0.3) is 0 Å². The van der Waals surface area contributed by atoms with Gasteiger partial charge < -0.3 is 5.73 Å². The fourth-order valence-electron chi connectivity index (χ4n) is 2.56. The Morgan fingerprint density at radius 3 is 2.81 bits per heavy atom. The van der Waals surface area contributed by atoms with Crippen LogP contribution < -0.4 is 5.73 Å². The first kappa shape index (κ1) is 12.1. The number of pyridine rings is 1. The second kappa shape index (κ2) is 5.78.